The van der Waals surface area contributed by atoms with E-state index < -0.39 is 30.3 Å². The van der Waals surface area contributed by atoms with E-state index in [4.69, 9.17) is 14.2 Å². The summed E-state index contributed by atoms with van der Waals surface area (Å²) in [5.41, 5.74) is 0.236. The van der Waals surface area contributed by atoms with Crippen molar-refractivity contribution in [3.8, 4) is 5.75 Å². The van der Waals surface area contributed by atoms with E-state index in [0.717, 1.165) is 6.42 Å². The molecule has 1 unspecified atom stereocenters. The minimum Gasteiger partial charge on any atom is -0.497 e. The number of anilines is 1. The molecule has 1 aliphatic rings. The lowest BCUT2D eigenvalue weighted by Crippen LogP contribution is -2.43. The Morgan fingerprint density at radius 2 is 2.00 bits per heavy atom. The van der Waals surface area contributed by atoms with Crippen molar-refractivity contribution in [3.05, 3.63) is 24.3 Å². The Morgan fingerprint density at radius 3 is 2.62 bits per heavy atom. The van der Waals surface area contributed by atoms with Crippen LogP contribution in [-0.4, -0.2) is 66.9 Å². The summed E-state index contributed by atoms with van der Waals surface area (Å²) in [5.74, 6) is 0.171. The van der Waals surface area contributed by atoms with E-state index in [-0.39, 0.29) is 12.2 Å². The van der Waals surface area contributed by atoms with E-state index in [1.54, 1.807) is 38.4 Å². The first-order valence-corrected chi connectivity index (χ1v) is 8.77. The lowest BCUT2D eigenvalue weighted by molar-refractivity contribution is -0.136. The van der Waals surface area contributed by atoms with Crippen LogP contribution >= 0.6 is 0 Å². The third kappa shape index (κ3) is 4.54. The molecule has 1 saturated heterocycles. The van der Waals surface area contributed by atoms with Crippen molar-refractivity contribution in [2.75, 3.05) is 25.7 Å². The number of nitrogens with zero attached hydrogens (tertiary/aromatic N) is 1. The number of carbonyl (C=O) groups excluding carboxylic acids is 1. The van der Waals surface area contributed by atoms with Crippen LogP contribution in [0.4, 0.5) is 5.69 Å². The van der Waals surface area contributed by atoms with E-state index >= 15 is 0 Å². The molecule has 0 aromatic heterocycles. The normalized spacial score (nSPS) is 26.0. The summed E-state index contributed by atoms with van der Waals surface area (Å²) in [6, 6.07) is 7.00. The average molecular weight is 367 g/mol. The van der Waals surface area contributed by atoms with E-state index in [2.05, 4.69) is 0 Å². The van der Waals surface area contributed by atoms with Crippen molar-refractivity contribution in [2.45, 2.75) is 57.2 Å². The second kappa shape index (κ2) is 8.35. The molecule has 1 aliphatic heterocycles. The fourth-order valence-corrected chi connectivity index (χ4v) is 2.64. The number of likely N-dealkylation sites (N-methyl/N-ethyl adjacent to an activating group) is 1. The highest BCUT2D eigenvalue weighted by Crippen LogP contribution is 2.27. The van der Waals surface area contributed by atoms with Crippen LogP contribution in [0.3, 0.4) is 0 Å². The zero-order valence-corrected chi connectivity index (χ0v) is 16.0. The van der Waals surface area contributed by atoms with Crippen LogP contribution in [0.1, 0.15) is 27.2 Å². The highest BCUT2D eigenvalue weighted by atomic mass is 16.6. The Labute approximate surface area is 154 Å². The first kappa shape index (κ1) is 20.6. The second-order valence-electron chi connectivity index (χ2n) is 7.10. The van der Waals surface area contributed by atoms with Gasteiger partial charge in [-0.05, 0) is 32.4 Å². The van der Waals surface area contributed by atoms with Crippen molar-refractivity contribution in [3.63, 3.8) is 0 Å². The first-order valence-electron chi connectivity index (χ1n) is 8.77. The summed E-state index contributed by atoms with van der Waals surface area (Å²) < 4.78 is 16.6. The molecule has 26 heavy (non-hydrogen) atoms. The van der Waals surface area contributed by atoms with Gasteiger partial charge in [0, 0.05) is 18.8 Å². The van der Waals surface area contributed by atoms with E-state index in [1.165, 1.54) is 4.90 Å². The Bertz CT molecular complexity index is 620. The number of hydrogen-bond acceptors (Lipinski definition) is 6. The highest BCUT2D eigenvalue weighted by Gasteiger charge is 2.47. The van der Waals surface area contributed by atoms with Crippen molar-refractivity contribution in [2.24, 2.45) is 0 Å². The van der Waals surface area contributed by atoms with Crippen LogP contribution in [0, 0.1) is 0 Å². The fourth-order valence-electron chi connectivity index (χ4n) is 2.64. The maximum atomic E-state index is 12.8. The first-order chi connectivity index (χ1) is 12.2. The quantitative estimate of drug-likeness (QED) is 0.756. The molecule has 7 heteroatoms. The maximum absolute atomic E-state index is 12.8. The van der Waals surface area contributed by atoms with Crippen LogP contribution < -0.4 is 9.64 Å². The summed E-state index contributed by atoms with van der Waals surface area (Å²) in [4.78, 5) is 14.1. The molecule has 0 aliphatic carbocycles. The number of carbonyl (C=O) groups is 1. The molecule has 2 rings (SSSR count). The molecule has 0 radical (unpaired) electrons. The summed E-state index contributed by atoms with van der Waals surface area (Å²) in [6.07, 6.45) is -3.62. The van der Waals surface area contributed by atoms with Crippen LogP contribution in [-0.2, 0) is 14.3 Å². The van der Waals surface area contributed by atoms with Gasteiger partial charge < -0.3 is 29.3 Å². The molecule has 7 nitrogen and oxygen atoms in total. The Morgan fingerprint density at radius 1 is 1.31 bits per heavy atom. The van der Waals surface area contributed by atoms with Gasteiger partial charge in [-0.25, -0.2) is 0 Å². The van der Waals surface area contributed by atoms with Crippen LogP contribution in [0.15, 0.2) is 24.3 Å². The molecule has 0 spiro atoms. The van der Waals surface area contributed by atoms with Crippen LogP contribution in [0.2, 0.25) is 0 Å². The van der Waals surface area contributed by atoms with Gasteiger partial charge in [0.05, 0.1) is 19.3 Å². The number of aliphatic hydroxyl groups is 2. The van der Waals surface area contributed by atoms with E-state index in [9.17, 15) is 15.0 Å². The molecule has 2 N–H and O–H groups in total. The summed E-state index contributed by atoms with van der Waals surface area (Å²) in [7, 11) is 3.13. The van der Waals surface area contributed by atoms with Gasteiger partial charge >= 0.3 is 0 Å². The molecule has 1 heterocycles. The van der Waals surface area contributed by atoms with Gasteiger partial charge in [-0.15, -0.1) is 0 Å². The fraction of sp³-hybridized carbons (Fsp3) is 0.632. The molecule has 1 fully saturated rings. The van der Waals surface area contributed by atoms with E-state index in [0.29, 0.717) is 11.4 Å². The molecule has 1 aromatic rings. The molecule has 0 saturated carbocycles. The van der Waals surface area contributed by atoms with Gasteiger partial charge in [0.15, 0.2) is 6.10 Å². The van der Waals surface area contributed by atoms with Crippen LogP contribution in [0.5, 0.6) is 5.75 Å². The number of hydrogen-bond donors (Lipinski definition) is 2. The molecule has 1 aromatic carbocycles. The number of rotatable bonds is 7. The highest BCUT2D eigenvalue weighted by molar-refractivity contribution is 5.97. The van der Waals surface area contributed by atoms with Gasteiger partial charge in [-0.3, -0.25) is 4.79 Å². The smallest absolute Gasteiger partial charge is 0.258 e. The predicted molar refractivity (Wildman–Crippen MR) is 97.4 cm³/mol. The van der Waals surface area contributed by atoms with Gasteiger partial charge in [0.1, 0.15) is 24.1 Å². The number of amides is 1. The minimum atomic E-state index is -1.31. The maximum Gasteiger partial charge on any atom is 0.258 e. The molecule has 4 atom stereocenters. The third-order valence-electron chi connectivity index (χ3n) is 4.87. The lowest BCUT2D eigenvalue weighted by Gasteiger charge is -2.26. The molecular weight excluding hydrogens is 338 g/mol. The largest absolute Gasteiger partial charge is 0.497 e. The SMILES string of the molecule is CCC(C)(C)OC[C@H]1OC(C(=O)N(C)c2cccc(OC)c2)[C@H](O)[C@@H]1O. The van der Waals surface area contributed by atoms with Crippen LogP contribution in [0.25, 0.3) is 0 Å². The molecule has 1 amide bonds. The Hall–Kier alpha value is -1.67. The zero-order chi connectivity index (χ0) is 19.5. The van der Waals surface area contributed by atoms with Gasteiger partial charge in [-0.2, -0.15) is 0 Å². The van der Waals surface area contributed by atoms with Crippen molar-refractivity contribution < 1.29 is 29.2 Å². The Kier molecular flexibility index (Phi) is 6.63. The minimum absolute atomic E-state index is 0.103. The summed E-state index contributed by atoms with van der Waals surface area (Å²) in [5, 5.41) is 20.5. The van der Waals surface area contributed by atoms with Crippen molar-refractivity contribution in [1.29, 1.82) is 0 Å². The van der Waals surface area contributed by atoms with Gasteiger partial charge in [0.2, 0.25) is 0 Å². The zero-order valence-electron chi connectivity index (χ0n) is 16.0. The van der Waals surface area contributed by atoms with Gasteiger partial charge in [0.25, 0.3) is 5.91 Å². The Balaban J connectivity index is 2.06. The van der Waals surface area contributed by atoms with E-state index in [1.807, 2.05) is 20.8 Å². The summed E-state index contributed by atoms with van der Waals surface area (Å²) >= 11 is 0. The molecule has 146 valence electrons. The van der Waals surface area contributed by atoms with Crippen molar-refractivity contribution >= 4 is 11.6 Å². The number of benzene rings is 1. The van der Waals surface area contributed by atoms with Gasteiger partial charge in [-0.1, -0.05) is 13.0 Å². The van der Waals surface area contributed by atoms with Crippen molar-refractivity contribution in [1.82, 2.24) is 0 Å². The molecular formula is C19H29NO6. The number of aliphatic hydroxyl groups excluding tert-OH is 2. The number of methoxy groups -OCH3 is 1. The standard InChI is InChI=1S/C19H29NO6/c1-6-19(2,3)25-11-14-15(21)16(22)17(26-14)18(23)20(4)12-8-7-9-13(10-12)24-5/h7-10,14-17,21-22H,6,11H2,1-5H3/t14-,15-,16-,17?/m1/s1. The summed E-state index contributed by atoms with van der Waals surface area (Å²) in [6.45, 7) is 5.97. The monoisotopic (exact) mass is 367 g/mol. The third-order valence-corrected chi connectivity index (χ3v) is 4.87. The number of ether oxygens (including phenoxy) is 3. The topological polar surface area (TPSA) is 88.5 Å². The second-order valence-corrected chi connectivity index (χ2v) is 7.10. The lowest BCUT2D eigenvalue weighted by atomic mass is 10.1. The average Bonchev–Trinajstić information content (AvgIpc) is 2.93. The molecule has 0 bridgehead atoms. The predicted octanol–water partition coefficient (Wildman–Crippen LogP) is 1.35.